The fourth-order valence-corrected chi connectivity index (χ4v) is 4.91. The summed E-state index contributed by atoms with van der Waals surface area (Å²) in [5.41, 5.74) is 2.16. The molecule has 1 aromatic heterocycles. The Labute approximate surface area is 195 Å². The SMILES string of the molecule is COc1ccc(-c2nc(C)c(C(=O)NCC3CCN(c4ccc(F)c(F)c4)C3)s2)cc1OC. The van der Waals surface area contributed by atoms with Crippen LogP contribution in [0.3, 0.4) is 0 Å². The second-order valence-electron chi connectivity index (χ2n) is 7.91. The van der Waals surface area contributed by atoms with Gasteiger partial charge in [0, 0.05) is 37.0 Å². The van der Waals surface area contributed by atoms with Crippen LogP contribution in [0.5, 0.6) is 11.5 Å². The molecule has 6 nitrogen and oxygen atoms in total. The maximum Gasteiger partial charge on any atom is 0.263 e. The van der Waals surface area contributed by atoms with Crippen molar-refractivity contribution in [2.75, 3.05) is 38.8 Å². The number of hydrogen-bond acceptors (Lipinski definition) is 6. The predicted molar refractivity (Wildman–Crippen MR) is 124 cm³/mol. The first-order chi connectivity index (χ1) is 15.9. The van der Waals surface area contributed by atoms with Crippen LogP contribution >= 0.6 is 11.3 Å². The van der Waals surface area contributed by atoms with E-state index in [9.17, 15) is 13.6 Å². The van der Waals surface area contributed by atoms with Crippen molar-refractivity contribution >= 4 is 22.9 Å². The Hall–Kier alpha value is -3.20. The van der Waals surface area contributed by atoms with E-state index in [1.165, 1.54) is 17.4 Å². The Balaban J connectivity index is 1.38. The zero-order valence-electron chi connectivity index (χ0n) is 18.7. The molecule has 2 heterocycles. The van der Waals surface area contributed by atoms with E-state index in [1.807, 2.05) is 30.0 Å². The van der Waals surface area contributed by atoms with E-state index in [0.717, 1.165) is 29.6 Å². The molecule has 1 fully saturated rings. The summed E-state index contributed by atoms with van der Waals surface area (Å²) in [5.74, 6) is -0.421. The fraction of sp³-hybridized carbons (Fsp3) is 0.333. The summed E-state index contributed by atoms with van der Waals surface area (Å²) in [5, 5.41) is 3.73. The normalized spacial score (nSPS) is 15.5. The van der Waals surface area contributed by atoms with E-state index in [4.69, 9.17) is 9.47 Å². The minimum absolute atomic E-state index is 0.164. The number of nitrogens with one attached hydrogen (secondary N) is 1. The van der Waals surface area contributed by atoms with Crippen LogP contribution in [0.15, 0.2) is 36.4 Å². The topological polar surface area (TPSA) is 63.7 Å². The van der Waals surface area contributed by atoms with Crippen molar-refractivity contribution in [3.63, 3.8) is 0 Å². The van der Waals surface area contributed by atoms with Crippen molar-refractivity contribution in [2.24, 2.45) is 5.92 Å². The summed E-state index contributed by atoms with van der Waals surface area (Å²) < 4.78 is 37.4. The smallest absolute Gasteiger partial charge is 0.263 e. The molecule has 4 rings (SSSR count). The van der Waals surface area contributed by atoms with Gasteiger partial charge in [-0.05, 0) is 49.6 Å². The molecule has 1 amide bonds. The Morgan fingerprint density at radius 1 is 1.15 bits per heavy atom. The lowest BCUT2D eigenvalue weighted by atomic mass is 10.1. The minimum atomic E-state index is -0.853. The molecule has 1 atom stereocenters. The number of hydrogen-bond donors (Lipinski definition) is 1. The maximum absolute atomic E-state index is 13.5. The lowest BCUT2D eigenvalue weighted by Crippen LogP contribution is -2.31. The highest BCUT2D eigenvalue weighted by atomic mass is 32.1. The molecule has 1 saturated heterocycles. The zero-order valence-corrected chi connectivity index (χ0v) is 19.5. The number of aryl methyl sites for hydroxylation is 1. The van der Waals surface area contributed by atoms with Gasteiger partial charge in [-0.2, -0.15) is 0 Å². The van der Waals surface area contributed by atoms with Gasteiger partial charge in [0.05, 0.1) is 19.9 Å². The van der Waals surface area contributed by atoms with Gasteiger partial charge in [-0.25, -0.2) is 13.8 Å². The summed E-state index contributed by atoms with van der Waals surface area (Å²) >= 11 is 1.33. The third kappa shape index (κ3) is 4.93. The average Bonchev–Trinajstić information content (AvgIpc) is 3.45. The van der Waals surface area contributed by atoms with Gasteiger partial charge in [0.1, 0.15) is 9.88 Å². The number of anilines is 1. The standard InChI is InChI=1S/C24H25F2N3O3S/c1-14-22(33-24(28-14)16-4-7-20(31-2)21(10-16)32-3)23(30)27-12-15-8-9-29(13-15)17-5-6-18(25)19(26)11-17/h4-7,10-11,15H,8-9,12-13H2,1-3H3,(H,27,30). The lowest BCUT2D eigenvalue weighted by molar-refractivity contribution is 0.0951. The second-order valence-corrected chi connectivity index (χ2v) is 8.91. The van der Waals surface area contributed by atoms with Gasteiger partial charge >= 0.3 is 0 Å². The molecule has 0 spiro atoms. The Kier molecular flexibility index (Phi) is 6.78. The molecule has 1 N–H and O–H groups in total. The van der Waals surface area contributed by atoms with Crippen molar-refractivity contribution in [1.29, 1.82) is 0 Å². The molecule has 1 aliphatic rings. The van der Waals surface area contributed by atoms with Crippen LogP contribution in [0.2, 0.25) is 0 Å². The van der Waals surface area contributed by atoms with Crippen LogP contribution in [0.4, 0.5) is 14.5 Å². The number of carbonyl (C=O) groups is 1. The van der Waals surface area contributed by atoms with Crippen LogP contribution in [0.1, 0.15) is 21.8 Å². The van der Waals surface area contributed by atoms with Crippen LogP contribution in [0.25, 0.3) is 10.6 Å². The third-order valence-corrected chi connectivity index (χ3v) is 6.94. The number of ether oxygens (including phenoxy) is 2. The molecule has 0 radical (unpaired) electrons. The summed E-state index contributed by atoms with van der Waals surface area (Å²) in [7, 11) is 3.15. The number of halogens is 2. The average molecular weight is 474 g/mol. The van der Waals surface area contributed by atoms with E-state index >= 15 is 0 Å². The number of benzene rings is 2. The quantitative estimate of drug-likeness (QED) is 0.540. The summed E-state index contributed by atoms with van der Waals surface area (Å²) in [6.07, 6.45) is 0.859. The molecule has 174 valence electrons. The largest absolute Gasteiger partial charge is 0.493 e. The van der Waals surface area contributed by atoms with Crippen molar-refractivity contribution in [3.8, 4) is 22.1 Å². The Bertz CT molecular complexity index is 1170. The first-order valence-electron chi connectivity index (χ1n) is 10.6. The second kappa shape index (κ2) is 9.74. The summed E-state index contributed by atoms with van der Waals surface area (Å²) in [6, 6.07) is 9.46. The number of methoxy groups -OCH3 is 2. The van der Waals surface area contributed by atoms with Gasteiger partial charge in [-0.1, -0.05) is 0 Å². The molecule has 3 aromatic rings. The molecule has 1 aliphatic heterocycles. The summed E-state index contributed by atoms with van der Waals surface area (Å²) in [6.45, 7) is 3.72. The number of nitrogens with zero attached hydrogens (tertiary/aromatic N) is 2. The molecule has 0 saturated carbocycles. The predicted octanol–water partition coefficient (Wildman–Crippen LogP) is 4.67. The van der Waals surface area contributed by atoms with E-state index in [0.29, 0.717) is 40.8 Å². The minimum Gasteiger partial charge on any atom is -0.493 e. The monoisotopic (exact) mass is 473 g/mol. The van der Waals surface area contributed by atoms with Gasteiger partial charge in [-0.3, -0.25) is 4.79 Å². The third-order valence-electron chi connectivity index (χ3n) is 5.74. The van der Waals surface area contributed by atoms with Crippen molar-refractivity contribution < 1.29 is 23.0 Å². The summed E-state index contributed by atoms with van der Waals surface area (Å²) in [4.78, 5) is 20.0. The molecule has 0 bridgehead atoms. The molecule has 9 heteroatoms. The van der Waals surface area contributed by atoms with Gasteiger partial charge in [-0.15, -0.1) is 11.3 Å². The number of rotatable bonds is 7. The number of aromatic nitrogens is 1. The molecule has 33 heavy (non-hydrogen) atoms. The molecule has 1 unspecified atom stereocenters. The zero-order chi connectivity index (χ0) is 23.5. The molecular weight excluding hydrogens is 448 g/mol. The lowest BCUT2D eigenvalue weighted by Gasteiger charge is -2.19. The fourth-order valence-electron chi connectivity index (χ4n) is 3.93. The molecular formula is C24H25F2N3O3S. The number of amides is 1. The highest BCUT2D eigenvalue weighted by Gasteiger charge is 2.25. The van der Waals surface area contributed by atoms with E-state index < -0.39 is 11.6 Å². The van der Waals surface area contributed by atoms with E-state index in [1.54, 1.807) is 20.3 Å². The maximum atomic E-state index is 13.5. The number of thiazole rings is 1. The van der Waals surface area contributed by atoms with Crippen LogP contribution < -0.4 is 19.7 Å². The van der Waals surface area contributed by atoms with Crippen LogP contribution in [-0.2, 0) is 0 Å². The van der Waals surface area contributed by atoms with Crippen molar-refractivity contribution in [3.05, 3.63) is 58.6 Å². The van der Waals surface area contributed by atoms with Crippen molar-refractivity contribution in [1.82, 2.24) is 10.3 Å². The van der Waals surface area contributed by atoms with E-state index in [-0.39, 0.29) is 11.8 Å². The Morgan fingerprint density at radius 3 is 2.67 bits per heavy atom. The highest BCUT2D eigenvalue weighted by Crippen LogP contribution is 2.35. The van der Waals surface area contributed by atoms with Gasteiger partial charge in [0.2, 0.25) is 0 Å². The highest BCUT2D eigenvalue weighted by molar-refractivity contribution is 7.17. The first kappa shape index (κ1) is 23.0. The first-order valence-corrected chi connectivity index (χ1v) is 11.4. The van der Waals surface area contributed by atoms with Gasteiger partial charge < -0.3 is 19.7 Å². The molecule has 2 aromatic carbocycles. The van der Waals surface area contributed by atoms with Gasteiger partial charge in [0.15, 0.2) is 23.1 Å². The van der Waals surface area contributed by atoms with Crippen LogP contribution in [0, 0.1) is 24.5 Å². The van der Waals surface area contributed by atoms with Crippen molar-refractivity contribution in [2.45, 2.75) is 13.3 Å². The number of carbonyl (C=O) groups excluding carboxylic acids is 1. The van der Waals surface area contributed by atoms with Crippen LogP contribution in [-0.4, -0.2) is 44.7 Å². The van der Waals surface area contributed by atoms with Gasteiger partial charge in [0.25, 0.3) is 5.91 Å². The van der Waals surface area contributed by atoms with E-state index in [2.05, 4.69) is 10.3 Å². The molecule has 0 aliphatic carbocycles. The Morgan fingerprint density at radius 2 is 1.94 bits per heavy atom.